The van der Waals surface area contributed by atoms with E-state index in [1.54, 1.807) is 4.90 Å². The number of hydrogen-bond acceptors (Lipinski definition) is 5. The highest BCUT2D eigenvalue weighted by Crippen LogP contribution is 2.07. The van der Waals surface area contributed by atoms with Gasteiger partial charge in [0.25, 0.3) is 0 Å². The van der Waals surface area contributed by atoms with Crippen molar-refractivity contribution in [1.29, 1.82) is 0 Å². The SMILES string of the molecule is O=C(C1CNCCN1)N1CCOC(CO)C1. The molecule has 2 heterocycles. The van der Waals surface area contributed by atoms with Gasteiger partial charge in [-0.05, 0) is 0 Å². The number of nitrogens with zero attached hydrogens (tertiary/aromatic N) is 1. The second kappa shape index (κ2) is 5.58. The van der Waals surface area contributed by atoms with Crippen LogP contribution in [-0.2, 0) is 9.53 Å². The van der Waals surface area contributed by atoms with E-state index in [2.05, 4.69) is 10.6 Å². The monoisotopic (exact) mass is 229 g/mol. The summed E-state index contributed by atoms with van der Waals surface area (Å²) in [5, 5.41) is 15.4. The average molecular weight is 229 g/mol. The fourth-order valence-electron chi connectivity index (χ4n) is 2.08. The predicted octanol–water partition coefficient (Wildman–Crippen LogP) is -2.23. The van der Waals surface area contributed by atoms with Crippen LogP contribution in [0.4, 0.5) is 0 Å². The van der Waals surface area contributed by atoms with E-state index in [1.165, 1.54) is 0 Å². The fraction of sp³-hybridized carbons (Fsp3) is 0.900. The van der Waals surface area contributed by atoms with E-state index in [-0.39, 0.29) is 24.7 Å². The van der Waals surface area contributed by atoms with Gasteiger partial charge in [-0.15, -0.1) is 0 Å². The first-order valence-electron chi connectivity index (χ1n) is 5.76. The normalized spacial score (nSPS) is 31.4. The summed E-state index contributed by atoms with van der Waals surface area (Å²) in [6.45, 7) is 4.01. The number of morpholine rings is 1. The lowest BCUT2D eigenvalue weighted by atomic mass is 10.2. The number of amides is 1. The van der Waals surface area contributed by atoms with Crippen molar-refractivity contribution >= 4 is 5.91 Å². The first kappa shape index (κ1) is 11.8. The third kappa shape index (κ3) is 2.70. The van der Waals surface area contributed by atoms with E-state index >= 15 is 0 Å². The van der Waals surface area contributed by atoms with E-state index in [0.717, 1.165) is 13.1 Å². The number of nitrogens with one attached hydrogen (secondary N) is 2. The van der Waals surface area contributed by atoms with Gasteiger partial charge in [-0.2, -0.15) is 0 Å². The molecule has 0 aromatic heterocycles. The minimum atomic E-state index is -0.228. The number of carbonyl (C=O) groups excluding carboxylic acids is 1. The molecule has 0 radical (unpaired) electrons. The molecular weight excluding hydrogens is 210 g/mol. The third-order valence-corrected chi connectivity index (χ3v) is 2.99. The van der Waals surface area contributed by atoms with Crippen molar-refractivity contribution in [1.82, 2.24) is 15.5 Å². The second-order valence-electron chi connectivity index (χ2n) is 4.17. The summed E-state index contributed by atoms with van der Waals surface area (Å²) in [7, 11) is 0. The van der Waals surface area contributed by atoms with E-state index in [0.29, 0.717) is 26.2 Å². The summed E-state index contributed by atoms with van der Waals surface area (Å²) in [6.07, 6.45) is -0.228. The summed E-state index contributed by atoms with van der Waals surface area (Å²) in [4.78, 5) is 13.9. The number of ether oxygens (including phenoxy) is 1. The van der Waals surface area contributed by atoms with Gasteiger partial charge in [0, 0.05) is 32.7 Å². The van der Waals surface area contributed by atoms with Gasteiger partial charge in [0.1, 0.15) is 0 Å². The van der Waals surface area contributed by atoms with Gasteiger partial charge < -0.3 is 25.4 Å². The van der Waals surface area contributed by atoms with E-state index < -0.39 is 0 Å². The minimum absolute atomic E-state index is 0.0277. The summed E-state index contributed by atoms with van der Waals surface area (Å²) < 4.78 is 5.31. The first-order chi connectivity index (χ1) is 7.81. The Kier molecular flexibility index (Phi) is 4.11. The summed E-state index contributed by atoms with van der Waals surface area (Å²) in [5.74, 6) is 0.106. The quantitative estimate of drug-likeness (QED) is 0.500. The molecule has 0 aromatic rings. The molecule has 2 saturated heterocycles. The van der Waals surface area contributed by atoms with Crippen LogP contribution < -0.4 is 10.6 Å². The van der Waals surface area contributed by atoms with Crippen LogP contribution in [0.25, 0.3) is 0 Å². The molecule has 0 bridgehead atoms. The highest BCUT2D eigenvalue weighted by Gasteiger charge is 2.29. The molecule has 2 atom stereocenters. The van der Waals surface area contributed by atoms with Gasteiger partial charge in [0.2, 0.25) is 5.91 Å². The highest BCUT2D eigenvalue weighted by atomic mass is 16.5. The van der Waals surface area contributed by atoms with E-state index in [4.69, 9.17) is 9.84 Å². The first-order valence-corrected chi connectivity index (χ1v) is 5.76. The van der Waals surface area contributed by atoms with Crippen molar-refractivity contribution in [3.8, 4) is 0 Å². The molecule has 2 unspecified atom stereocenters. The topological polar surface area (TPSA) is 73.8 Å². The van der Waals surface area contributed by atoms with Gasteiger partial charge >= 0.3 is 0 Å². The number of piperazine rings is 1. The molecule has 2 aliphatic rings. The zero-order valence-corrected chi connectivity index (χ0v) is 9.32. The Hall–Kier alpha value is -0.690. The minimum Gasteiger partial charge on any atom is -0.394 e. The van der Waals surface area contributed by atoms with Gasteiger partial charge in [0.15, 0.2) is 0 Å². The van der Waals surface area contributed by atoms with Crippen LogP contribution in [0, 0.1) is 0 Å². The Morgan fingerprint density at radius 3 is 3.06 bits per heavy atom. The zero-order chi connectivity index (χ0) is 11.4. The predicted molar refractivity (Wildman–Crippen MR) is 58.1 cm³/mol. The summed E-state index contributed by atoms with van der Waals surface area (Å²) in [5.41, 5.74) is 0. The van der Waals surface area contributed by atoms with Crippen LogP contribution in [-0.4, -0.2) is 74.0 Å². The fourth-order valence-corrected chi connectivity index (χ4v) is 2.08. The van der Waals surface area contributed by atoms with E-state index in [1.807, 2.05) is 0 Å². The van der Waals surface area contributed by atoms with Gasteiger partial charge in [-0.1, -0.05) is 0 Å². The van der Waals surface area contributed by atoms with Gasteiger partial charge in [-0.25, -0.2) is 0 Å². The number of aliphatic hydroxyl groups is 1. The number of hydrogen-bond donors (Lipinski definition) is 3. The molecule has 92 valence electrons. The summed E-state index contributed by atoms with van der Waals surface area (Å²) >= 11 is 0. The molecule has 1 amide bonds. The number of rotatable bonds is 2. The smallest absolute Gasteiger partial charge is 0.241 e. The van der Waals surface area contributed by atoms with Crippen molar-refractivity contribution in [2.45, 2.75) is 12.1 Å². The number of aliphatic hydroxyl groups excluding tert-OH is 1. The third-order valence-electron chi connectivity index (χ3n) is 2.99. The van der Waals surface area contributed by atoms with Crippen molar-refractivity contribution in [3.05, 3.63) is 0 Å². The molecule has 6 heteroatoms. The number of carbonyl (C=O) groups is 1. The Balaban J connectivity index is 1.87. The average Bonchev–Trinajstić information content (AvgIpc) is 2.39. The van der Waals surface area contributed by atoms with Gasteiger partial charge in [0.05, 0.1) is 25.4 Å². The highest BCUT2D eigenvalue weighted by molar-refractivity contribution is 5.82. The Morgan fingerprint density at radius 2 is 2.38 bits per heavy atom. The maximum absolute atomic E-state index is 12.1. The van der Waals surface area contributed by atoms with E-state index in [9.17, 15) is 4.79 Å². The summed E-state index contributed by atoms with van der Waals surface area (Å²) in [6, 6.07) is -0.133. The molecule has 6 nitrogen and oxygen atoms in total. The maximum atomic E-state index is 12.1. The van der Waals surface area contributed by atoms with Crippen molar-refractivity contribution in [3.63, 3.8) is 0 Å². The lowest BCUT2D eigenvalue weighted by molar-refractivity contribution is -0.142. The molecule has 2 fully saturated rings. The van der Waals surface area contributed by atoms with Crippen LogP contribution in [0.1, 0.15) is 0 Å². The Labute approximate surface area is 94.9 Å². The lowest BCUT2D eigenvalue weighted by Crippen LogP contribution is -2.59. The van der Waals surface area contributed by atoms with Crippen LogP contribution in [0.15, 0.2) is 0 Å². The molecule has 16 heavy (non-hydrogen) atoms. The Morgan fingerprint density at radius 1 is 1.50 bits per heavy atom. The molecule has 0 aromatic carbocycles. The van der Waals surface area contributed by atoms with Gasteiger partial charge in [-0.3, -0.25) is 4.79 Å². The Bertz CT molecular complexity index is 243. The van der Waals surface area contributed by atoms with Crippen LogP contribution >= 0.6 is 0 Å². The molecule has 0 aliphatic carbocycles. The van der Waals surface area contributed by atoms with Crippen LogP contribution in [0.2, 0.25) is 0 Å². The van der Waals surface area contributed by atoms with Crippen LogP contribution in [0.5, 0.6) is 0 Å². The lowest BCUT2D eigenvalue weighted by Gasteiger charge is -2.35. The van der Waals surface area contributed by atoms with Crippen molar-refractivity contribution in [2.24, 2.45) is 0 Å². The molecule has 2 aliphatic heterocycles. The van der Waals surface area contributed by atoms with Crippen LogP contribution in [0.3, 0.4) is 0 Å². The second-order valence-corrected chi connectivity index (χ2v) is 4.17. The van der Waals surface area contributed by atoms with Crippen molar-refractivity contribution < 1.29 is 14.6 Å². The maximum Gasteiger partial charge on any atom is 0.241 e. The van der Waals surface area contributed by atoms with Crippen molar-refractivity contribution in [2.75, 3.05) is 45.9 Å². The molecule has 2 rings (SSSR count). The standard InChI is InChI=1S/C10H19N3O3/c14-7-8-6-13(3-4-16-8)10(15)9-5-11-1-2-12-9/h8-9,11-12,14H,1-7H2. The largest absolute Gasteiger partial charge is 0.394 e. The zero-order valence-electron chi connectivity index (χ0n) is 9.32. The molecular formula is C10H19N3O3. The molecule has 3 N–H and O–H groups in total. The molecule has 0 spiro atoms. The molecule has 0 saturated carbocycles.